The van der Waals surface area contributed by atoms with Gasteiger partial charge in [0.05, 0.1) is 33.0 Å². The lowest BCUT2D eigenvalue weighted by Crippen LogP contribution is -2.17. The number of hydrogen-bond acceptors (Lipinski definition) is 6. The molecule has 114 valence electrons. The third-order valence-electron chi connectivity index (χ3n) is 2.43. The molecule has 0 atom stereocenters. The number of likely N-dealkylation sites (N-methyl/N-ethyl adjacent to an activating group) is 1. The summed E-state index contributed by atoms with van der Waals surface area (Å²) in [6, 6.07) is 7.17. The summed E-state index contributed by atoms with van der Waals surface area (Å²) < 4.78 is 21.3. The van der Waals surface area contributed by atoms with Gasteiger partial charge in [-0.05, 0) is 31.3 Å². The minimum atomic E-state index is 0.200. The molecule has 0 saturated heterocycles. The first kappa shape index (κ1) is 16.7. The Morgan fingerprint density at radius 3 is 2.15 bits per heavy atom. The molecular formula is C14H24N2O4. The van der Waals surface area contributed by atoms with E-state index in [1.807, 2.05) is 7.05 Å². The molecular weight excluding hydrogens is 260 g/mol. The van der Waals surface area contributed by atoms with Crippen LogP contribution < -0.4 is 15.8 Å². The molecule has 6 nitrogen and oxygen atoms in total. The van der Waals surface area contributed by atoms with Gasteiger partial charge in [0.15, 0.2) is 6.79 Å². The average Bonchev–Trinajstić information content (AvgIpc) is 2.47. The van der Waals surface area contributed by atoms with E-state index in [2.05, 4.69) is 5.32 Å². The zero-order valence-electron chi connectivity index (χ0n) is 12.0. The van der Waals surface area contributed by atoms with Crippen LogP contribution in [0.2, 0.25) is 0 Å². The summed E-state index contributed by atoms with van der Waals surface area (Å²) in [4.78, 5) is 0. The molecule has 0 heterocycles. The van der Waals surface area contributed by atoms with Gasteiger partial charge in [0.1, 0.15) is 5.75 Å². The van der Waals surface area contributed by atoms with Crippen molar-refractivity contribution in [2.24, 2.45) is 0 Å². The van der Waals surface area contributed by atoms with E-state index in [0.717, 1.165) is 12.3 Å². The van der Waals surface area contributed by atoms with Crippen LogP contribution in [0.15, 0.2) is 24.3 Å². The fraction of sp³-hybridized carbons (Fsp3) is 0.571. The third-order valence-corrected chi connectivity index (χ3v) is 2.43. The van der Waals surface area contributed by atoms with E-state index in [-0.39, 0.29) is 6.79 Å². The van der Waals surface area contributed by atoms with Crippen molar-refractivity contribution in [3.05, 3.63) is 24.3 Å². The Morgan fingerprint density at radius 2 is 1.50 bits per heavy atom. The van der Waals surface area contributed by atoms with Gasteiger partial charge < -0.3 is 30.0 Å². The molecule has 0 amide bonds. The number of benzene rings is 1. The van der Waals surface area contributed by atoms with Crippen molar-refractivity contribution in [1.29, 1.82) is 0 Å². The van der Waals surface area contributed by atoms with Crippen LogP contribution in [0, 0.1) is 0 Å². The summed E-state index contributed by atoms with van der Waals surface area (Å²) in [7, 11) is 1.89. The lowest BCUT2D eigenvalue weighted by molar-refractivity contribution is -0.0263. The fourth-order valence-corrected chi connectivity index (χ4v) is 1.35. The van der Waals surface area contributed by atoms with Crippen LogP contribution in [-0.4, -0.2) is 53.4 Å². The number of nitrogens with two attached hydrogens (primary N) is 1. The predicted octanol–water partition coefficient (Wildman–Crippen LogP) is 0.874. The van der Waals surface area contributed by atoms with Gasteiger partial charge in [-0.2, -0.15) is 0 Å². The molecule has 0 saturated carbocycles. The van der Waals surface area contributed by atoms with Gasteiger partial charge in [0, 0.05) is 12.2 Å². The lowest BCUT2D eigenvalue weighted by atomic mass is 10.3. The lowest BCUT2D eigenvalue weighted by Gasteiger charge is -2.08. The van der Waals surface area contributed by atoms with Gasteiger partial charge in [0.25, 0.3) is 0 Å². The first-order chi connectivity index (χ1) is 9.83. The minimum Gasteiger partial charge on any atom is -0.468 e. The maximum atomic E-state index is 5.57. The average molecular weight is 284 g/mol. The maximum Gasteiger partial charge on any atom is 0.189 e. The molecule has 0 fully saturated rings. The van der Waals surface area contributed by atoms with Crippen molar-refractivity contribution >= 4 is 5.69 Å². The van der Waals surface area contributed by atoms with Crippen molar-refractivity contribution in [2.45, 2.75) is 0 Å². The molecule has 0 aliphatic heterocycles. The van der Waals surface area contributed by atoms with Crippen molar-refractivity contribution in [2.75, 3.05) is 59.2 Å². The molecule has 0 aliphatic carbocycles. The number of rotatable bonds is 12. The van der Waals surface area contributed by atoms with Crippen LogP contribution in [0.25, 0.3) is 0 Å². The van der Waals surface area contributed by atoms with Gasteiger partial charge in [-0.25, -0.2) is 0 Å². The highest BCUT2D eigenvalue weighted by atomic mass is 16.7. The Bertz CT molecular complexity index is 332. The van der Waals surface area contributed by atoms with Crippen molar-refractivity contribution in [3.63, 3.8) is 0 Å². The molecule has 1 aromatic rings. The molecule has 1 rings (SSSR count). The second kappa shape index (κ2) is 11.5. The first-order valence-corrected chi connectivity index (χ1v) is 6.69. The molecule has 0 radical (unpaired) electrons. The summed E-state index contributed by atoms with van der Waals surface area (Å²) >= 11 is 0. The van der Waals surface area contributed by atoms with E-state index >= 15 is 0 Å². The quantitative estimate of drug-likeness (QED) is 0.337. The maximum absolute atomic E-state index is 5.57. The van der Waals surface area contributed by atoms with Gasteiger partial charge in [0.2, 0.25) is 0 Å². The Morgan fingerprint density at radius 1 is 0.900 bits per heavy atom. The van der Waals surface area contributed by atoms with Crippen molar-refractivity contribution in [3.8, 4) is 5.75 Å². The molecule has 1 aromatic carbocycles. The van der Waals surface area contributed by atoms with Crippen LogP contribution in [-0.2, 0) is 14.2 Å². The van der Waals surface area contributed by atoms with E-state index < -0.39 is 0 Å². The normalized spacial score (nSPS) is 10.7. The molecule has 0 spiro atoms. The Hall–Kier alpha value is -1.34. The molecule has 3 N–H and O–H groups in total. The standard InChI is InChI=1S/C14H24N2O4/c1-16-6-7-17-8-9-18-10-11-19-12-20-14-4-2-13(15)3-5-14/h2-5,16H,6-12,15H2,1H3. The van der Waals surface area contributed by atoms with Crippen LogP contribution in [0.3, 0.4) is 0 Å². The second-order valence-corrected chi connectivity index (χ2v) is 4.07. The number of nitrogen functional groups attached to an aromatic ring is 1. The highest BCUT2D eigenvalue weighted by Gasteiger charge is 1.94. The van der Waals surface area contributed by atoms with Gasteiger partial charge in [-0.15, -0.1) is 0 Å². The Kier molecular flexibility index (Phi) is 9.60. The number of nitrogens with one attached hydrogen (secondary N) is 1. The molecule has 20 heavy (non-hydrogen) atoms. The summed E-state index contributed by atoms with van der Waals surface area (Å²) in [5.74, 6) is 0.734. The van der Waals surface area contributed by atoms with Crippen molar-refractivity contribution in [1.82, 2.24) is 5.32 Å². The number of anilines is 1. The summed E-state index contributed by atoms with van der Waals surface area (Å²) in [6.07, 6.45) is 0. The first-order valence-electron chi connectivity index (χ1n) is 6.69. The summed E-state index contributed by atoms with van der Waals surface area (Å²) in [5.41, 5.74) is 6.28. The predicted molar refractivity (Wildman–Crippen MR) is 77.9 cm³/mol. The van der Waals surface area contributed by atoms with Crippen LogP contribution in [0.5, 0.6) is 5.75 Å². The zero-order valence-corrected chi connectivity index (χ0v) is 12.0. The van der Waals surface area contributed by atoms with Gasteiger partial charge >= 0.3 is 0 Å². The fourth-order valence-electron chi connectivity index (χ4n) is 1.35. The minimum absolute atomic E-state index is 0.200. The van der Waals surface area contributed by atoms with Gasteiger partial charge in [-0.1, -0.05) is 0 Å². The molecule has 0 bridgehead atoms. The Balaban J connectivity index is 1.84. The third kappa shape index (κ3) is 8.71. The van der Waals surface area contributed by atoms with E-state index in [9.17, 15) is 0 Å². The molecule has 0 aliphatic rings. The largest absolute Gasteiger partial charge is 0.468 e. The Labute approximate surface area is 120 Å². The smallest absolute Gasteiger partial charge is 0.189 e. The second-order valence-electron chi connectivity index (χ2n) is 4.07. The summed E-state index contributed by atoms with van der Waals surface area (Å²) in [6.45, 7) is 3.95. The van der Waals surface area contributed by atoms with E-state index in [4.69, 9.17) is 24.7 Å². The SMILES string of the molecule is CNCCOCCOCCOCOc1ccc(N)cc1. The number of hydrogen-bond donors (Lipinski definition) is 2. The highest BCUT2D eigenvalue weighted by molar-refractivity contribution is 5.41. The van der Waals surface area contributed by atoms with E-state index in [1.165, 1.54) is 0 Å². The summed E-state index contributed by atoms with van der Waals surface area (Å²) in [5, 5.41) is 3.00. The van der Waals surface area contributed by atoms with E-state index in [0.29, 0.717) is 38.7 Å². The monoisotopic (exact) mass is 284 g/mol. The molecule has 6 heteroatoms. The van der Waals surface area contributed by atoms with Crippen LogP contribution in [0.4, 0.5) is 5.69 Å². The zero-order chi connectivity index (χ0) is 14.5. The number of ether oxygens (including phenoxy) is 4. The van der Waals surface area contributed by atoms with Crippen LogP contribution in [0.1, 0.15) is 0 Å². The van der Waals surface area contributed by atoms with Crippen LogP contribution >= 0.6 is 0 Å². The highest BCUT2D eigenvalue weighted by Crippen LogP contribution is 2.12. The van der Waals surface area contributed by atoms with Gasteiger partial charge in [-0.3, -0.25) is 0 Å². The molecule has 0 unspecified atom stereocenters. The van der Waals surface area contributed by atoms with Crippen molar-refractivity contribution < 1.29 is 18.9 Å². The van der Waals surface area contributed by atoms with E-state index in [1.54, 1.807) is 24.3 Å². The molecule has 0 aromatic heterocycles. The topological polar surface area (TPSA) is 75.0 Å².